The fourth-order valence-electron chi connectivity index (χ4n) is 4.43. The lowest BCUT2D eigenvalue weighted by atomic mass is 10.0. The molecule has 1 aliphatic carbocycles. The molecule has 4 heterocycles. The van der Waals surface area contributed by atoms with Crippen molar-refractivity contribution in [3.8, 4) is 0 Å². The molecular weight excluding hydrogens is 406 g/mol. The highest BCUT2D eigenvalue weighted by molar-refractivity contribution is 6.10. The molecule has 168 valence electrons. The normalized spacial score (nSPS) is 18.1. The van der Waals surface area contributed by atoms with Crippen LogP contribution in [0.1, 0.15) is 54.4 Å². The molecule has 9 heteroatoms. The highest BCUT2D eigenvalue weighted by atomic mass is 16.3. The van der Waals surface area contributed by atoms with Crippen LogP contribution in [0.3, 0.4) is 0 Å². The predicted octanol–water partition coefficient (Wildman–Crippen LogP) is 3.34. The zero-order valence-corrected chi connectivity index (χ0v) is 19.1. The average molecular weight is 436 g/mol. The monoisotopic (exact) mass is 435 g/mol. The zero-order valence-electron chi connectivity index (χ0n) is 19.1. The van der Waals surface area contributed by atoms with Gasteiger partial charge in [-0.05, 0) is 46.5 Å². The summed E-state index contributed by atoms with van der Waals surface area (Å²) in [6.07, 6.45) is 7.02. The summed E-state index contributed by atoms with van der Waals surface area (Å²) < 4.78 is 5.86. The summed E-state index contributed by atoms with van der Waals surface area (Å²) in [6, 6.07) is 2.15. The lowest BCUT2D eigenvalue weighted by Crippen LogP contribution is -2.46. The second-order valence-electron chi connectivity index (χ2n) is 9.27. The van der Waals surface area contributed by atoms with E-state index in [2.05, 4.69) is 37.1 Å². The molecule has 0 spiro atoms. The second-order valence-corrected chi connectivity index (χ2v) is 9.27. The Morgan fingerprint density at radius 1 is 1.16 bits per heavy atom. The van der Waals surface area contributed by atoms with Gasteiger partial charge in [-0.1, -0.05) is 0 Å². The number of aryl methyl sites for hydroxylation is 2. The van der Waals surface area contributed by atoms with Crippen molar-refractivity contribution in [2.75, 3.05) is 30.4 Å². The first kappa shape index (κ1) is 20.7. The topological polar surface area (TPSA) is 100 Å². The fraction of sp³-hybridized carbons (Fsp3) is 0.522. The number of nitrogens with one attached hydrogen (secondary N) is 1. The molecule has 9 nitrogen and oxygen atoms in total. The number of carbonyl (C=O) groups excluding carboxylic acids is 1. The van der Waals surface area contributed by atoms with Crippen LogP contribution in [0.2, 0.25) is 0 Å². The fourth-order valence-corrected chi connectivity index (χ4v) is 4.43. The van der Waals surface area contributed by atoms with Crippen LogP contribution in [-0.4, -0.2) is 62.5 Å². The molecule has 1 N–H and O–H groups in total. The third kappa shape index (κ3) is 3.76. The van der Waals surface area contributed by atoms with Gasteiger partial charge in [-0.15, -0.1) is 0 Å². The third-order valence-electron chi connectivity index (χ3n) is 6.74. The van der Waals surface area contributed by atoms with Crippen molar-refractivity contribution in [2.45, 2.75) is 58.0 Å². The van der Waals surface area contributed by atoms with Crippen molar-refractivity contribution in [1.29, 1.82) is 0 Å². The largest absolute Gasteiger partial charge is 0.442 e. The first-order valence-corrected chi connectivity index (χ1v) is 11.2. The van der Waals surface area contributed by atoms with Crippen LogP contribution in [0.4, 0.5) is 11.6 Å². The molecule has 3 aromatic heterocycles. The summed E-state index contributed by atoms with van der Waals surface area (Å²) in [7, 11) is 1.88. The summed E-state index contributed by atoms with van der Waals surface area (Å²) in [5, 5.41) is 4.17. The standard InChI is InChI=1S/C23H29N7O2/c1-14-11-17(25-12-24-14)30-9-5-16(6-10-30)29(4)22(31)18-15(2)32-21-19(18)20(26-13-27-21)28-23(3)7-8-23/h11-13,16H,5-10H2,1-4H3,(H,26,27,28). The van der Waals surface area contributed by atoms with Gasteiger partial charge in [0.25, 0.3) is 5.91 Å². The van der Waals surface area contributed by atoms with Crippen LogP contribution in [0.25, 0.3) is 11.1 Å². The Morgan fingerprint density at radius 3 is 2.56 bits per heavy atom. The van der Waals surface area contributed by atoms with Crippen molar-refractivity contribution in [3.05, 3.63) is 35.7 Å². The summed E-state index contributed by atoms with van der Waals surface area (Å²) in [6.45, 7) is 7.65. The highest BCUT2D eigenvalue weighted by Crippen LogP contribution is 2.40. The molecule has 0 radical (unpaired) electrons. The number of anilines is 2. The maximum absolute atomic E-state index is 13.6. The molecule has 0 atom stereocenters. The minimum atomic E-state index is -0.0450. The molecular formula is C23H29N7O2. The van der Waals surface area contributed by atoms with Gasteiger partial charge in [0.05, 0.1) is 10.9 Å². The van der Waals surface area contributed by atoms with E-state index in [9.17, 15) is 4.79 Å². The molecule has 0 bridgehead atoms. The van der Waals surface area contributed by atoms with E-state index in [4.69, 9.17) is 4.42 Å². The highest BCUT2D eigenvalue weighted by Gasteiger charge is 2.39. The van der Waals surface area contributed by atoms with E-state index in [1.54, 1.807) is 6.33 Å². The molecule has 1 amide bonds. The van der Waals surface area contributed by atoms with Crippen molar-refractivity contribution in [1.82, 2.24) is 24.8 Å². The minimum absolute atomic E-state index is 0.0326. The van der Waals surface area contributed by atoms with Gasteiger partial charge in [-0.25, -0.2) is 19.9 Å². The van der Waals surface area contributed by atoms with Crippen LogP contribution in [0.5, 0.6) is 0 Å². The summed E-state index contributed by atoms with van der Waals surface area (Å²) >= 11 is 0. The minimum Gasteiger partial charge on any atom is -0.442 e. The smallest absolute Gasteiger partial charge is 0.258 e. The van der Waals surface area contributed by atoms with Crippen LogP contribution in [0.15, 0.2) is 23.1 Å². The molecule has 5 rings (SSSR count). The van der Waals surface area contributed by atoms with Gasteiger partial charge in [-0.2, -0.15) is 0 Å². The zero-order chi connectivity index (χ0) is 22.5. The van der Waals surface area contributed by atoms with Crippen LogP contribution < -0.4 is 10.2 Å². The molecule has 32 heavy (non-hydrogen) atoms. The third-order valence-corrected chi connectivity index (χ3v) is 6.74. The number of aromatic nitrogens is 4. The van der Waals surface area contributed by atoms with E-state index in [-0.39, 0.29) is 17.5 Å². The summed E-state index contributed by atoms with van der Waals surface area (Å²) in [5.74, 6) is 2.16. The van der Waals surface area contributed by atoms with Gasteiger partial charge < -0.3 is 19.5 Å². The predicted molar refractivity (Wildman–Crippen MR) is 122 cm³/mol. The Morgan fingerprint density at radius 2 is 1.88 bits per heavy atom. The Hall–Kier alpha value is -3.23. The van der Waals surface area contributed by atoms with E-state index in [0.717, 1.165) is 50.3 Å². The lowest BCUT2D eigenvalue weighted by Gasteiger charge is -2.37. The van der Waals surface area contributed by atoms with E-state index >= 15 is 0 Å². The van der Waals surface area contributed by atoms with Crippen LogP contribution in [-0.2, 0) is 0 Å². The summed E-state index contributed by atoms with van der Waals surface area (Å²) in [5.41, 5.74) is 2.00. The first-order valence-electron chi connectivity index (χ1n) is 11.2. The quantitative estimate of drug-likeness (QED) is 0.651. The Bertz CT molecular complexity index is 1160. The van der Waals surface area contributed by atoms with Gasteiger partial charge in [0.15, 0.2) is 0 Å². The van der Waals surface area contributed by atoms with Gasteiger partial charge in [0.1, 0.15) is 30.1 Å². The number of hydrogen-bond donors (Lipinski definition) is 1. The van der Waals surface area contributed by atoms with Gasteiger partial charge >= 0.3 is 0 Å². The van der Waals surface area contributed by atoms with E-state index in [0.29, 0.717) is 28.2 Å². The van der Waals surface area contributed by atoms with Gasteiger partial charge in [0, 0.05) is 43.5 Å². The van der Waals surface area contributed by atoms with Crippen molar-refractivity contribution >= 4 is 28.6 Å². The number of fused-ring (bicyclic) bond motifs is 1. The Labute approximate surface area is 187 Å². The maximum atomic E-state index is 13.6. The van der Waals surface area contributed by atoms with Crippen LogP contribution in [0, 0.1) is 13.8 Å². The summed E-state index contributed by atoms with van der Waals surface area (Å²) in [4.78, 5) is 35.0. The molecule has 1 aliphatic heterocycles. The molecule has 0 aromatic carbocycles. The van der Waals surface area contributed by atoms with E-state index < -0.39 is 0 Å². The van der Waals surface area contributed by atoms with Crippen LogP contribution >= 0.6 is 0 Å². The number of hydrogen-bond acceptors (Lipinski definition) is 8. The number of furan rings is 1. The molecule has 2 fully saturated rings. The first-order chi connectivity index (χ1) is 15.3. The molecule has 2 aliphatic rings. The molecule has 1 saturated carbocycles. The molecule has 0 unspecified atom stereocenters. The second kappa shape index (κ2) is 7.72. The van der Waals surface area contributed by atoms with E-state index in [1.807, 2.05) is 31.9 Å². The van der Waals surface area contributed by atoms with Gasteiger partial charge in [0.2, 0.25) is 5.71 Å². The number of rotatable bonds is 5. The van der Waals surface area contributed by atoms with Crippen molar-refractivity contribution in [2.24, 2.45) is 0 Å². The molecule has 3 aromatic rings. The van der Waals surface area contributed by atoms with Gasteiger partial charge in [-0.3, -0.25) is 4.79 Å². The molecule has 1 saturated heterocycles. The Kier molecular flexibility index (Phi) is 4.98. The SMILES string of the molecule is Cc1cc(N2CCC(N(C)C(=O)c3c(C)oc4ncnc(NC5(C)CC5)c34)CC2)ncn1. The number of amides is 1. The number of piperidine rings is 1. The lowest BCUT2D eigenvalue weighted by molar-refractivity contribution is 0.0709. The Balaban J connectivity index is 1.36. The number of carbonyl (C=O) groups is 1. The van der Waals surface area contributed by atoms with Crippen molar-refractivity contribution < 1.29 is 9.21 Å². The van der Waals surface area contributed by atoms with Crippen molar-refractivity contribution in [3.63, 3.8) is 0 Å². The number of nitrogens with zero attached hydrogens (tertiary/aromatic N) is 6. The van der Waals surface area contributed by atoms with E-state index in [1.165, 1.54) is 6.33 Å². The maximum Gasteiger partial charge on any atom is 0.258 e. The average Bonchev–Trinajstić information content (AvgIpc) is 3.40.